The van der Waals surface area contributed by atoms with Gasteiger partial charge in [0.05, 0.1) is 5.75 Å². The molecule has 0 fully saturated rings. The molecule has 4 nitrogen and oxygen atoms in total. The topological polar surface area (TPSA) is 49.4 Å². The molecule has 0 saturated heterocycles. The maximum atomic E-state index is 13.9. The van der Waals surface area contributed by atoms with Gasteiger partial charge in [-0.15, -0.1) is 11.8 Å². The molecule has 1 atom stereocenters. The molecule has 6 heteroatoms. The summed E-state index contributed by atoms with van der Waals surface area (Å²) in [6.45, 7) is 10.0. The second-order valence-corrected chi connectivity index (χ2v) is 9.74. The van der Waals surface area contributed by atoms with Crippen LogP contribution in [-0.4, -0.2) is 34.0 Å². The van der Waals surface area contributed by atoms with Crippen LogP contribution in [0.15, 0.2) is 48.5 Å². The van der Waals surface area contributed by atoms with E-state index in [-0.39, 0.29) is 28.9 Å². The first kappa shape index (κ1) is 24.9. The number of carbonyl (C=O) groups is 2. The number of hydrogen-bond donors (Lipinski definition) is 1. The van der Waals surface area contributed by atoms with Gasteiger partial charge in [-0.1, -0.05) is 55.0 Å². The van der Waals surface area contributed by atoms with E-state index in [9.17, 15) is 14.0 Å². The highest BCUT2D eigenvalue weighted by atomic mass is 32.2. The smallest absolute Gasteiger partial charge is 0.243 e. The number of hydrogen-bond acceptors (Lipinski definition) is 3. The molecule has 168 valence electrons. The molecule has 0 saturated carbocycles. The number of nitrogens with zero attached hydrogens (tertiary/aromatic N) is 1. The molecule has 0 radical (unpaired) electrons. The van der Waals surface area contributed by atoms with Crippen molar-refractivity contribution in [1.82, 2.24) is 10.2 Å². The monoisotopic (exact) mass is 444 g/mol. The molecule has 2 rings (SSSR count). The molecule has 2 aromatic rings. The Morgan fingerprint density at radius 2 is 1.84 bits per heavy atom. The first-order chi connectivity index (χ1) is 14.6. The number of rotatable bonds is 9. The normalized spacial score (nSPS) is 12.3. The van der Waals surface area contributed by atoms with E-state index in [2.05, 4.69) is 5.32 Å². The second-order valence-electron chi connectivity index (χ2n) is 8.76. The minimum atomic E-state index is -0.568. The highest BCUT2D eigenvalue weighted by molar-refractivity contribution is 7.99. The molecular formula is C25H33FN2O2S. The van der Waals surface area contributed by atoms with E-state index in [0.717, 1.165) is 11.1 Å². The van der Waals surface area contributed by atoms with Gasteiger partial charge in [-0.25, -0.2) is 4.39 Å². The predicted molar refractivity (Wildman–Crippen MR) is 126 cm³/mol. The van der Waals surface area contributed by atoms with Gasteiger partial charge in [0.25, 0.3) is 0 Å². The van der Waals surface area contributed by atoms with Crippen molar-refractivity contribution in [2.75, 3.05) is 5.75 Å². The molecule has 0 spiro atoms. The average Bonchev–Trinajstić information content (AvgIpc) is 2.68. The van der Waals surface area contributed by atoms with Crippen molar-refractivity contribution in [3.8, 4) is 0 Å². The quantitative estimate of drug-likeness (QED) is 0.586. The van der Waals surface area contributed by atoms with Gasteiger partial charge >= 0.3 is 0 Å². The van der Waals surface area contributed by atoms with Crippen molar-refractivity contribution >= 4 is 23.6 Å². The minimum absolute atomic E-state index is 0.126. The largest absolute Gasteiger partial charge is 0.350 e. The van der Waals surface area contributed by atoms with Crippen LogP contribution < -0.4 is 5.32 Å². The Labute approximate surface area is 189 Å². The van der Waals surface area contributed by atoms with Gasteiger partial charge < -0.3 is 10.2 Å². The van der Waals surface area contributed by atoms with E-state index in [1.165, 1.54) is 17.8 Å². The number of thioether (sulfide) groups is 1. The summed E-state index contributed by atoms with van der Waals surface area (Å²) in [7, 11) is 0. The molecule has 31 heavy (non-hydrogen) atoms. The minimum Gasteiger partial charge on any atom is -0.350 e. The molecule has 2 aromatic carbocycles. The Morgan fingerprint density at radius 3 is 2.45 bits per heavy atom. The highest BCUT2D eigenvalue weighted by Gasteiger charge is 2.30. The number of amides is 2. The molecule has 0 aliphatic carbocycles. The second kappa shape index (κ2) is 11.3. The molecule has 0 aliphatic heterocycles. The third-order valence-electron chi connectivity index (χ3n) is 4.76. The first-order valence-corrected chi connectivity index (χ1v) is 11.7. The van der Waals surface area contributed by atoms with Crippen molar-refractivity contribution in [3.05, 3.63) is 71.0 Å². The highest BCUT2D eigenvalue weighted by Crippen LogP contribution is 2.19. The first-order valence-electron chi connectivity index (χ1n) is 10.6. The van der Waals surface area contributed by atoms with Crippen LogP contribution in [-0.2, 0) is 21.9 Å². The van der Waals surface area contributed by atoms with Gasteiger partial charge in [-0.2, -0.15) is 0 Å². The Hall–Kier alpha value is -2.34. The summed E-state index contributed by atoms with van der Waals surface area (Å²) in [6.07, 6.45) is 0.511. The average molecular weight is 445 g/mol. The van der Waals surface area contributed by atoms with Crippen LogP contribution in [0.5, 0.6) is 0 Å². The molecule has 0 bridgehead atoms. The van der Waals surface area contributed by atoms with Crippen LogP contribution in [0.4, 0.5) is 4.39 Å². The summed E-state index contributed by atoms with van der Waals surface area (Å²) in [5.74, 6) is 0.0325. The lowest BCUT2D eigenvalue weighted by molar-refractivity contribution is -0.140. The predicted octanol–water partition coefficient (Wildman–Crippen LogP) is 5.09. The van der Waals surface area contributed by atoms with Gasteiger partial charge in [0, 0.05) is 17.8 Å². The SMILES string of the molecule is CCC(C(=O)NC(C)(C)C)N(Cc1cccc(C)c1)C(=O)CSCc1ccccc1F. The number of halogens is 1. The fourth-order valence-electron chi connectivity index (χ4n) is 3.33. The number of carbonyl (C=O) groups excluding carboxylic acids is 2. The summed E-state index contributed by atoms with van der Waals surface area (Å²) in [4.78, 5) is 27.8. The van der Waals surface area contributed by atoms with Crippen molar-refractivity contribution < 1.29 is 14.0 Å². The number of benzene rings is 2. The number of nitrogens with one attached hydrogen (secondary N) is 1. The summed E-state index contributed by atoms with van der Waals surface area (Å²) < 4.78 is 13.9. The van der Waals surface area contributed by atoms with Crippen molar-refractivity contribution in [3.63, 3.8) is 0 Å². The van der Waals surface area contributed by atoms with E-state index in [1.54, 1.807) is 23.1 Å². The molecule has 1 unspecified atom stereocenters. The van der Waals surface area contributed by atoms with E-state index >= 15 is 0 Å². The third-order valence-corrected chi connectivity index (χ3v) is 5.73. The maximum Gasteiger partial charge on any atom is 0.243 e. The Balaban J connectivity index is 2.17. The van der Waals surface area contributed by atoms with Crippen LogP contribution in [0.3, 0.4) is 0 Å². The van der Waals surface area contributed by atoms with Crippen LogP contribution in [0.2, 0.25) is 0 Å². The Kier molecular flexibility index (Phi) is 9.11. The molecule has 0 aromatic heterocycles. The van der Waals surface area contributed by atoms with E-state index in [1.807, 2.05) is 58.9 Å². The van der Waals surface area contributed by atoms with Gasteiger partial charge in [-0.3, -0.25) is 9.59 Å². The van der Waals surface area contributed by atoms with Crippen LogP contribution in [0.25, 0.3) is 0 Å². The van der Waals surface area contributed by atoms with Crippen molar-refractivity contribution in [2.45, 2.75) is 64.9 Å². The molecule has 0 aliphatic rings. The lowest BCUT2D eigenvalue weighted by Gasteiger charge is -2.33. The summed E-state index contributed by atoms with van der Waals surface area (Å²) in [5.41, 5.74) is 2.27. The van der Waals surface area contributed by atoms with Gasteiger partial charge in [-0.05, 0) is 51.3 Å². The molecule has 0 heterocycles. The van der Waals surface area contributed by atoms with E-state index in [0.29, 0.717) is 24.3 Å². The fraction of sp³-hybridized carbons (Fsp3) is 0.440. The van der Waals surface area contributed by atoms with Crippen LogP contribution in [0.1, 0.15) is 50.8 Å². The zero-order chi connectivity index (χ0) is 23.0. The molecule has 1 N–H and O–H groups in total. The van der Waals surface area contributed by atoms with Crippen molar-refractivity contribution in [1.29, 1.82) is 0 Å². The molecular weight excluding hydrogens is 411 g/mol. The zero-order valence-corrected chi connectivity index (χ0v) is 19.9. The Bertz CT molecular complexity index is 895. The van der Waals surface area contributed by atoms with E-state index in [4.69, 9.17) is 0 Å². The van der Waals surface area contributed by atoms with Crippen LogP contribution in [0, 0.1) is 12.7 Å². The van der Waals surface area contributed by atoms with Crippen LogP contribution >= 0.6 is 11.8 Å². The fourth-order valence-corrected chi connectivity index (χ4v) is 4.22. The van der Waals surface area contributed by atoms with E-state index < -0.39 is 6.04 Å². The maximum absolute atomic E-state index is 13.9. The Morgan fingerprint density at radius 1 is 1.13 bits per heavy atom. The third kappa shape index (κ3) is 8.02. The lowest BCUT2D eigenvalue weighted by atomic mass is 10.1. The van der Waals surface area contributed by atoms with Gasteiger partial charge in [0.2, 0.25) is 11.8 Å². The lowest BCUT2D eigenvalue weighted by Crippen LogP contribution is -2.53. The van der Waals surface area contributed by atoms with Crippen molar-refractivity contribution in [2.24, 2.45) is 0 Å². The molecule has 2 amide bonds. The standard InChI is InChI=1S/C25H33FN2O2S/c1-6-22(24(30)27-25(3,4)5)28(15-19-11-9-10-18(2)14-19)23(29)17-31-16-20-12-7-8-13-21(20)26/h7-14,22H,6,15-17H2,1-5H3,(H,27,30). The summed E-state index contributed by atoms with van der Waals surface area (Å²) in [5, 5.41) is 3.00. The van der Waals surface area contributed by atoms with Gasteiger partial charge in [0.15, 0.2) is 0 Å². The summed E-state index contributed by atoms with van der Waals surface area (Å²) in [6, 6.07) is 14.0. The number of aryl methyl sites for hydroxylation is 1. The zero-order valence-electron chi connectivity index (χ0n) is 19.1. The summed E-state index contributed by atoms with van der Waals surface area (Å²) >= 11 is 1.36. The van der Waals surface area contributed by atoms with Gasteiger partial charge in [0.1, 0.15) is 11.9 Å².